The van der Waals surface area contributed by atoms with Crippen LogP contribution in [0, 0.1) is 13.8 Å². The van der Waals surface area contributed by atoms with Crippen molar-refractivity contribution < 1.29 is 4.74 Å². The second-order valence-corrected chi connectivity index (χ2v) is 5.40. The van der Waals surface area contributed by atoms with Crippen molar-refractivity contribution in [2.24, 2.45) is 5.73 Å². The smallest absolute Gasteiger partial charge is 0.132 e. The van der Waals surface area contributed by atoms with Gasteiger partial charge in [-0.05, 0) is 49.6 Å². The standard InChI is InChI=1S/C17H20ClNO/c1-4-15(19)14-7-5-6-8-16(14)20-13-9-11(2)17(18)12(3)10-13/h5-10,15H,4,19H2,1-3H3/t15-/m1/s1. The molecule has 2 aromatic carbocycles. The maximum atomic E-state index is 6.18. The molecule has 0 heterocycles. The van der Waals surface area contributed by atoms with E-state index in [1.807, 2.05) is 50.2 Å². The molecule has 3 heteroatoms. The highest BCUT2D eigenvalue weighted by molar-refractivity contribution is 6.32. The number of halogens is 1. The molecular formula is C17H20ClNO. The Balaban J connectivity index is 2.35. The number of aryl methyl sites for hydroxylation is 2. The van der Waals surface area contributed by atoms with Crippen molar-refractivity contribution >= 4 is 11.6 Å². The highest BCUT2D eigenvalue weighted by Gasteiger charge is 2.11. The van der Waals surface area contributed by atoms with Crippen LogP contribution in [0.15, 0.2) is 36.4 Å². The molecule has 0 bridgehead atoms. The van der Waals surface area contributed by atoms with E-state index in [1.54, 1.807) is 0 Å². The van der Waals surface area contributed by atoms with Gasteiger partial charge in [-0.15, -0.1) is 0 Å². The topological polar surface area (TPSA) is 35.2 Å². The van der Waals surface area contributed by atoms with E-state index in [9.17, 15) is 0 Å². The van der Waals surface area contributed by atoms with Crippen LogP contribution in [0.2, 0.25) is 5.02 Å². The minimum absolute atomic E-state index is 0.0132. The van der Waals surface area contributed by atoms with Gasteiger partial charge in [-0.3, -0.25) is 0 Å². The summed E-state index contributed by atoms with van der Waals surface area (Å²) >= 11 is 6.18. The molecule has 0 unspecified atom stereocenters. The van der Waals surface area contributed by atoms with Crippen molar-refractivity contribution in [1.29, 1.82) is 0 Å². The Hall–Kier alpha value is -1.51. The molecule has 0 aliphatic carbocycles. The molecule has 0 radical (unpaired) electrons. The average molecular weight is 290 g/mol. The van der Waals surface area contributed by atoms with E-state index in [1.165, 1.54) is 0 Å². The van der Waals surface area contributed by atoms with E-state index in [2.05, 4.69) is 6.92 Å². The molecular weight excluding hydrogens is 270 g/mol. The Kier molecular flexibility index (Phi) is 4.69. The molecule has 2 aromatic rings. The average Bonchev–Trinajstić information content (AvgIpc) is 2.44. The lowest BCUT2D eigenvalue weighted by Crippen LogP contribution is -2.09. The van der Waals surface area contributed by atoms with E-state index in [0.29, 0.717) is 0 Å². The monoisotopic (exact) mass is 289 g/mol. The van der Waals surface area contributed by atoms with Crippen LogP contribution in [0.5, 0.6) is 11.5 Å². The van der Waals surface area contributed by atoms with Crippen LogP contribution in [0.1, 0.15) is 36.1 Å². The lowest BCUT2D eigenvalue weighted by atomic mass is 10.0. The molecule has 0 aliphatic heterocycles. The van der Waals surface area contributed by atoms with Crippen LogP contribution in [0.3, 0.4) is 0 Å². The van der Waals surface area contributed by atoms with Gasteiger partial charge in [0.15, 0.2) is 0 Å². The number of nitrogens with two attached hydrogens (primary N) is 1. The molecule has 0 spiro atoms. The first kappa shape index (κ1) is 14.9. The SMILES string of the molecule is CC[C@@H](N)c1ccccc1Oc1cc(C)c(Cl)c(C)c1. The van der Waals surface area contributed by atoms with Crippen molar-refractivity contribution in [3.05, 3.63) is 58.1 Å². The minimum Gasteiger partial charge on any atom is -0.457 e. The second kappa shape index (κ2) is 6.29. The van der Waals surface area contributed by atoms with Crippen molar-refractivity contribution in [2.45, 2.75) is 33.2 Å². The van der Waals surface area contributed by atoms with Gasteiger partial charge in [-0.2, -0.15) is 0 Å². The van der Waals surface area contributed by atoms with E-state index in [0.717, 1.165) is 39.6 Å². The summed E-state index contributed by atoms with van der Waals surface area (Å²) in [6, 6.07) is 11.8. The summed E-state index contributed by atoms with van der Waals surface area (Å²) < 4.78 is 6.01. The fraction of sp³-hybridized carbons (Fsp3) is 0.294. The maximum Gasteiger partial charge on any atom is 0.132 e. The molecule has 106 valence electrons. The molecule has 0 saturated heterocycles. The molecule has 2 N–H and O–H groups in total. The van der Waals surface area contributed by atoms with Crippen LogP contribution >= 0.6 is 11.6 Å². The van der Waals surface area contributed by atoms with Gasteiger partial charge in [0.1, 0.15) is 11.5 Å². The Morgan fingerprint density at radius 3 is 2.35 bits per heavy atom. The summed E-state index contributed by atoms with van der Waals surface area (Å²) in [5.74, 6) is 1.60. The highest BCUT2D eigenvalue weighted by Crippen LogP contribution is 2.32. The second-order valence-electron chi connectivity index (χ2n) is 5.03. The van der Waals surface area contributed by atoms with Crippen molar-refractivity contribution in [3.8, 4) is 11.5 Å². The first-order valence-corrected chi connectivity index (χ1v) is 7.19. The third kappa shape index (κ3) is 3.14. The number of hydrogen-bond donors (Lipinski definition) is 1. The molecule has 0 aliphatic rings. The fourth-order valence-corrected chi connectivity index (χ4v) is 2.30. The molecule has 20 heavy (non-hydrogen) atoms. The van der Waals surface area contributed by atoms with Gasteiger partial charge in [0.2, 0.25) is 0 Å². The molecule has 0 fully saturated rings. The summed E-state index contributed by atoms with van der Waals surface area (Å²) in [5.41, 5.74) is 9.19. The van der Waals surface area contributed by atoms with Crippen molar-refractivity contribution in [1.82, 2.24) is 0 Å². The third-order valence-corrected chi connectivity index (χ3v) is 3.99. The van der Waals surface area contributed by atoms with Gasteiger partial charge in [-0.1, -0.05) is 36.7 Å². The molecule has 1 atom stereocenters. The molecule has 0 aromatic heterocycles. The Labute approximate surface area is 125 Å². The Morgan fingerprint density at radius 2 is 1.75 bits per heavy atom. The molecule has 2 rings (SSSR count). The predicted octanol–water partition coefficient (Wildman–Crippen LogP) is 5.16. The van der Waals surface area contributed by atoms with E-state index < -0.39 is 0 Å². The first-order chi connectivity index (χ1) is 9.52. The van der Waals surface area contributed by atoms with Crippen LogP contribution in [-0.4, -0.2) is 0 Å². The third-order valence-electron chi connectivity index (χ3n) is 3.40. The summed E-state index contributed by atoms with van der Waals surface area (Å²) in [7, 11) is 0. The lowest BCUT2D eigenvalue weighted by molar-refractivity contribution is 0.468. The number of ether oxygens (including phenoxy) is 1. The summed E-state index contributed by atoms with van der Waals surface area (Å²) in [5, 5.41) is 0.788. The highest BCUT2D eigenvalue weighted by atomic mass is 35.5. The fourth-order valence-electron chi connectivity index (χ4n) is 2.19. The van der Waals surface area contributed by atoms with Gasteiger partial charge < -0.3 is 10.5 Å². The van der Waals surface area contributed by atoms with E-state index in [-0.39, 0.29) is 6.04 Å². The van der Waals surface area contributed by atoms with Gasteiger partial charge in [0.05, 0.1) is 0 Å². The van der Waals surface area contributed by atoms with Crippen LogP contribution < -0.4 is 10.5 Å². The zero-order valence-corrected chi connectivity index (χ0v) is 12.9. The number of benzene rings is 2. The summed E-state index contributed by atoms with van der Waals surface area (Å²) in [6.45, 7) is 6.02. The van der Waals surface area contributed by atoms with Gasteiger partial charge >= 0.3 is 0 Å². The van der Waals surface area contributed by atoms with Crippen molar-refractivity contribution in [3.63, 3.8) is 0 Å². The van der Waals surface area contributed by atoms with Crippen LogP contribution in [0.4, 0.5) is 0 Å². The molecule has 0 amide bonds. The molecule has 2 nitrogen and oxygen atoms in total. The van der Waals surface area contributed by atoms with E-state index >= 15 is 0 Å². The number of hydrogen-bond acceptors (Lipinski definition) is 2. The predicted molar refractivity (Wildman–Crippen MR) is 84.7 cm³/mol. The molecule has 0 saturated carbocycles. The lowest BCUT2D eigenvalue weighted by Gasteiger charge is -2.16. The van der Waals surface area contributed by atoms with Gasteiger partial charge in [0, 0.05) is 16.6 Å². The minimum atomic E-state index is -0.0132. The van der Waals surface area contributed by atoms with Crippen molar-refractivity contribution in [2.75, 3.05) is 0 Å². The van der Waals surface area contributed by atoms with Crippen LogP contribution in [-0.2, 0) is 0 Å². The Morgan fingerprint density at radius 1 is 1.15 bits per heavy atom. The quantitative estimate of drug-likeness (QED) is 0.844. The summed E-state index contributed by atoms with van der Waals surface area (Å²) in [6.07, 6.45) is 0.874. The number of para-hydroxylation sites is 1. The Bertz CT molecular complexity index is 587. The largest absolute Gasteiger partial charge is 0.457 e. The van der Waals surface area contributed by atoms with Gasteiger partial charge in [0.25, 0.3) is 0 Å². The first-order valence-electron chi connectivity index (χ1n) is 6.82. The van der Waals surface area contributed by atoms with E-state index in [4.69, 9.17) is 22.1 Å². The number of rotatable bonds is 4. The summed E-state index contributed by atoms with van der Waals surface area (Å²) in [4.78, 5) is 0. The zero-order chi connectivity index (χ0) is 14.7. The van der Waals surface area contributed by atoms with Crippen LogP contribution in [0.25, 0.3) is 0 Å². The zero-order valence-electron chi connectivity index (χ0n) is 12.1. The van der Waals surface area contributed by atoms with Gasteiger partial charge in [-0.25, -0.2) is 0 Å². The normalized spacial score (nSPS) is 12.2. The maximum absolute atomic E-state index is 6.18.